The Hall–Kier alpha value is -0.980. The molecule has 1 unspecified atom stereocenters. The molecular formula is C12H17BrN2O3. The second kappa shape index (κ2) is 6.82. The van der Waals surface area contributed by atoms with Gasteiger partial charge < -0.3 is 15.2 Å². The largest absolute Gasteiger partial charge is 0.388 e. The van der Waals surface area contributed by atoms with Gasteiger partial charge in [0.05, 0.1) is 11.2 Å². The summed E-state index contributed by atoms with van der Waals surface area (Å²) in [7, 11) is 1.57. The molecule has 0 bridgehead atoms. The summed E-state index contributed by atoms with van der Waals surface area (Å²) in [6.07, 6.45) is 1.94. The van der Waals surface area contributed by atoms with Crippen LogP contribution in [0.4, 0.5) is 0 Å². The van der Waals surface area contributed by atoms with Crippen LogP contribution in [0.5, 0.6) is 0 Å². The van der Waals surface area contributed by atoms with E-state index >= 15 is 0 Å². The molecule has 1 amide bonds. The summed E-state index contributed by atoms with van der Waals surface area (Å²) in [4.78, 5) is 15.7. The van der Waals surface area contributed by atoms with Gasteiger partial charge in [0.1, 0.15) is 4.60 Å². The average Bonchev–Trinajstić information content (AvgIpc) is 2.35. The predicted octanol–water partition coefficient (Wildman–Crippen LogP) is 1.36. The summed E-state index contributed by atoms with van der Waals surface area (Å²) < 4.78 is 5.57. The summed E-state index contributed by atoms with van der Waals surface area (Å²) in [5.74, 6) is -0.257. The third-order valence-electron chi connectivity index (χ3n) is 2.46. The third kappa shape index (κ3) is 5.12. The molecule has 1 aromatic rings. The van der Waals surface area contributed by atoms with Crippen molar-refractivity contribution in [1.82, 2.24) is 10.3 Å². The highest BCUT2D eigenvalue weighted by atomic mass is 79.9. The van der Waals surface area contributed by atoms with Gasteiger partial charge in [0.25, 0.3) is 5.91 Å². The van der Waals surface area contributed by atoms with Gasteiger partial charge in [-0.05, 0) is 35.0 Å². The standard InChI is InChI=1S/C12H17BrN2O3/c1-12(17,5-6-18-2)8-15-11(16)9-3-4-10(13)14-7-9/h3-4,7,17H,5-6,8H2,1-2H3,(H,15,16). The minimum atomic E-state index is -0.978. The first-order chi connectivity index (χ1) is 8.44. The molecule has 1 heterocycles. The van der Waals surface area contributed by atoms with Crippen LogP contribution < -0.4 is 5.32 Å². The molecule has 6 heteroatoms. The third-order valence-corrected chi connectivity index (χ3v) is 2.93. The van der Waals surface area contributed by atoms with Crippen molar-refractivity contribution in [3.05, 3.63) is 28.5 Å². The summed E-state index contributed by atoms with van der Waals surface area (Å²) in [6.45, 7) is 2.28. The number of nitrogens with zero attached hydrogens (tertiary/aromatic N) is 1. The van der Waals surface area contributed by atoms with Gasteiger partial charge in [-0.15, -0.1) is 0 Å². The monoisotopic (exact) mass is 316 g/mol. The average molecular weight is 317 g/mol. The quantitative estimate of drug-likeness (QED) is 0.777. The second-order valence-electron chi connectivity index (χ2n) is 4.29. The Labute approximate surface area is 115 Å². The lowest BCUT2D eigenvalue weighted by Crippen LogP contribution is -2.41. The Morgan fingerprint density at radius 3 is 2.89 bits per heavy atom. The first kappa shape index (κ1) is 15.1. The van der Waals surface area contributed by atoms with Gasteiger partial charge in [-0.2, -0.15) is 0 Å². The zero-order chi connectivity index (χ0) is 13.6. The maximum atomic E-state index is 11.8. The zero-order valence-electron chi connectivity index (χ0n) is 10.4. The van der Waals surface area contributed by atoms with Gasteiger partial charge in [0.15, 0.2) is 0 Å². The number of aromatic nitrogens is 1. The maximum Gasteiger partial charge on any atom is 0.252 e. The van der Waals surface area contributed by atoms with Crippen molar-refractivity contribution in [2.24, 2.45) is 0 Å². The van der Waals surface area contributed by atoms with E-state index in [4.69, 9.17) is 4.74 Å². The van der Waals surface area contributed by atoms with Crippen LogP contribution in [-0.2, 0) is 4.74 Å². The zero-order valence-corrected chi connectivity index (χ0v) is 12.0. The number of carbonyl (C=O) groups is 1. The Bertz CT molecular complexity index is 393. The molecule has 1 rings (SSSR count). The summed E-state index contributed by atoms with van der Waals surface area (Å²) in [5.41, 5.74) is -0.519. The van der Waals surface area contributed by atoms with Crippen LogP contribution in [0.25, 0.3) is 0 Å². The fourth-order valence-corrected chi connectivity index (χ4v) is 1.53. The highest BCUT2D eigenvalue weighted by Gasteiger charge is 2.21. The number of hydrogen-bond donors (Lipinski definition) is 2. The minimum absolute atomic E-state index is 0.172. The van der Waals surface area contributed by atoms with Gasteiger partial charge >= 0.3 is 0 Å². The number of ether oxygens (including phenoxy) is 1. The molecule has 0 radical (unpaired) electrons. The number of rotatable bonds is 6. The molecule has 0 fully saturated rings. The first-order valence-corrected chi connectivity index (χ1v) is 6.35. The highest BCUT2D eigenvalue weighted by molar-refractivity contribution is 9.10. The van der Waals surface area contributed by atoms with Crippen LogP contribution >= 0.6 is 15.9 Å². The number of pyridine rings is 1. The molecule has 1 atom stereocenters. The first-order valence-electron chi connectivity index (χ1n) is 5.56. The smallest absolute Gasteiger partial charge is 0.252 e. The van der Waals surface area contributed by atoms with Crippen molar-refractivity contribution in [1.29, 1.82) is 0 Å². The fourth-order valence-electron chi connectivity index (χ4n) is 1.29. The molecule has 0 aliphatic carbocycles. The van der Waals surface area contributed by atoms with E-state index in [2.05, 4.69) is 26.2 Å². The van der Waals surface area contributed by atoms with E-state index in [9.17, 15) is 9.90 Å². The number of halogens is 1. The number of aliphatic hydroxyl groups is 1. The molecule has 0 aromatic carbocycles. The van der Waals surface area contributed by atoms with Crippen molar-refractivity contribution >= 4 is 21.8 Å². The van der Waals surface area contributed by atoms with Crippen LogP contribution in [-0.4, -0.2) is 41.9 Å². The van der Waals surface area contributed by atoms with Crippen molar-refractivity contribution in [3.63, 3.8) is 0 Å². The molecule has 0 saturated heterocycles. The summed E-state index contributed by atoms with van der Waals surface area (Å²) in [5, 5.41) is 12.6. The summed E-state index contributed by atoms with van der Waals surface area (Å²) in [6, 6.07) is 3.36. The summed E-state index contributed by atoms with van der Waals surface area (Å²) >= 11 is 3.20. The van der Waals surface area contributed by atoms with Crippen molar-refractivity contribution in [2.45, 2.75) is 18.9 Å². The molecular weight excluding hydrogens is 300 g/mol. The van der Waals surface area contributed by atoms with Crippen molar-refractivity contribution < 1.29 is 14.6 Å². The number of nitrogens with one attached hydrogen (secondary N) is 1. The molecule has 0 aliphatic rings. The van der Waals surface area contributed by atoms with Crippen molar-refractivity contribution in [3.8, 4) is 0 Å². The van der Waals surface area contributed by atoms with E-state index in [1.807, 2.05) is 0 Å². The maximum absolute atomic E-state index is 11.8. The van der Waals surface area contributed by atoms with Crippen LogP contribution in [0, 0.1) is 0 Å². The fraction of sp³-hybridized carbons (Fsp3) is 0.500. The van der Waals surface area contributed by atoms with E-state index in [1.54, 1.807) is 26.2 Å². The minimum Gasteiger partial charge on any atom is -0.388 e. The molecule has 100 valence electrons. The predicted molar refractivity (Wildman–Crippen MR) is 71.4 cm³/mol. The van der Waals surface area contributed by atoms with Crippen LogP contribution in [0.1, 0.15) is 23.7 Å². The number of carbonyl (C=O) groups excluding carboxylic acids is 1. The second-order valence-corrected chi connectivity index (χ2v) is 5.10. The molecule has 0 aliphatic heterocycles. The van der Waals surface area contributed by atoms with Gasteiger partial charge in [-0.3, -0.25) is 4.79 Å². The van der Waals surface area contributed by atoms with E-state index in [1.165, 1.54) is 6.20 Å². The van der Waals surface area contributed by atoms with Crippen molar-refractivity contribution in [2.75, 3.05) is 20.3 Å². The topological polar surface area (TPSA) is 71.5 Å². The normalized spacial score (nSPS) is 14.0. The Morgan fingerprint density at radius 2 is 2.33 bits per heavy atom. The molecule has 1 aromatic heterocycles. The van der Waals surface area contributed by atoms with Crippen LogP contribution in [0.3, 0.4) is 0 Å². The number of methoxy groups -OCH3 is 1. The molecule has 5 nitrogen and oxygen atoms in total. The van der Waals surface area contributed by atoms with Gasteiger partial charge in [0.2, 0.25) is 0 Å². The molecule has 0 spiro atoms. The molecule has 2 N–H and O–H groups in total. The van der Waals surface area contributed by atoms with Gasteiger partial charge in [-0.25, -0.2) is 4.98 Å². The molecule has 0 saturated carbocycles. The Kier molecular flexibility index (Phi) is 5.71. The van der Waals surface area contributed by atoms with Gasteiger partial charge in [0, 0.05) is 32.9 Å². The Balaban J connectivity index is 2.48. The lowest BCUT2D eigenvalue weighted by Gasteiger charge is -2.23. The lowest BCUT2D eigenvalue weighted by molar-refractivity contribution is 0.0243. The van der Waals surface area contributed by atoms with E-state index in [0.717, 1.165) is 0 Å². The van der Waals surface area contributed by atoms with Gasteiger partial charge in [-0.1, -0.05) is 0 Å². The number of hydrogen-bond acceptors (Lipinski definition) is 4. The van der Waals surface area contributed by atoms with E-state index in [-0.39, 0.29) is 12.5 Å². The Morgan fingerprint density at radius 1 is 1.61 bits per heavy atom. The van der Waals surface area contributed by atoms with Crippen LogP contribution in [0.2, 0.25) is 0 Å². The van der Waals surface area contributed by atoms with Crippen LogP contribution in [0.15, 0.2) is 22.9 Å². The SMILES string of the molecule is COCCC(C)(O)CNC(=O)c1ccc(Br)nc1. The van der Waals surface area contributed by atoms with E-state index in [0.29, 0.717) is 23.2 Å². The lowest BCUT2D eigenvalue weighted by atomic mass is 10.0. The van der Waals surface area contributed by atoms with E-state index < -0.39 is 5.60 Å². The number of amides is 1. The highest BCUT2D eigenvalue weighted by Crippen LogP contribution is 2.09. The molecule has 18 heavy (non-hydrogen) atoms.